The van der Waals surface area contributed by atoms with E-state index in [9.17, 15) is 4.79 Å². The fourth-order valence-electron chi connectivity index (χ4n) is 1.84. The number of carbonyl (C=O) groups is 1. The third kappa shape index (κ3) is 2.49. The lowest BCUT2D eigenvalue weighted by molar-refractivity contribution is -0.120. The van der Waals surface area contributed by atoms with E-state index in [1.807, 2.05) is 23.1 Å². The Morgan fingerprint density at radius 1 is 1.44 bits per heavy atom. The van der Waals surface area contributed by atoms with Crippen LogP contribution in [0.3, 0.4) is 0 Å². The molecule has 1 aliphatic rings. The van der Waals surface area contributed by atoms with Gasteiger partial charge in [-0.3, -0.25) is 9.69 Å². The van der Waals surface area contributed by atoms with Crippen molar-refractivity contribution in [2.24, 2.45) is 0 Å². The second-order valence-corrected chi connectivity index (χ2v) is 3.89. The molecule has 3 nitrogen and oxygen atoms in total. The minimum atomic E-state index is -0.448. The van der Waals surface area contributed by atoms with Gasteiger partial charge in [0.25, 0.3) is 0 Å². The summed E-state index contributed by atoms with van der Waals surface area (Å²) in [4.78, 5) is 12.8. The van der Waals surface area contributed by atoms with Crippen LogP contribution in [0.25, 0.3) is 0 Å². The Hall–Kier alpha value is -1.61. The van der Waals surface area contributed by atoms with E-state index in [0.29, 0.717) is 12.3 Å². The fourth-order valence-corrected chi connectivity index (χ4v) is 1.84. The van der Waals surface area contributed by atoms with Gasteiger partial charge in [-0.2, -0.15) is 0 Å². The number of hydrogen-bond donors (Lipinski definition) is 0. The highest BCUT2D eigenvalue weighted by atomic mass is 16.5. The maximum Gasteiger partial charge on any atom is 0.209 e. The van der Waals surface area contributed by atoms with Crippen LogP contribution < -0.4 is 0 Å². The first-order valence-electron chi connectivity index (χ1n) is 5.37. The van der Waals surface area contributed by atoms with Crippen molar-refractivity contribution >= 4 is 6.29 Å². The normalized spacial score (nSPS) is 20.8. The van der Waals surface area contributed by atoms with Crippen molar-refractivity contribution in [2.45, 2.75) is 12.6 Å². The highest BCUT2D eigenvalue weighted by Crippen LogP contribution is 2.16. The Bertz CT molecular complexity index is 375. The van der Waals surface area contributed by atoms with Gasteiger partial charge in [0.1, 0.15) is 5.76 Å². The van der Waals surface area contributed by atoms with Crippen molar-refractivity contribution in [1.82, 2.24) is 4.90 Å². The van der Waals surface area contributed by atoms with Crippen LogP contribution in [-0.4, -0.2) is 30.5 Å². The van der Waals surface area contributed by atoms with Gasteiger partial charge in [0.05, 0.1) is 6.54 Å². The second kappa shape index (κ2) is 4.94. The van der Waals surface area contributed by atoms with E-state index in [0.717, 1.165) is 19.3 Å². The number of benzene rings is 1. The molecule has 0 amide bonds. The number of rotatable bonds is 4. The quantitative estimate of drug-likeness (QED) is 0.717. The molecule has 1 unspecified atom stereocenters. The third-order valence-electron chi connectivity index (χ3n) is 2.67. The largest absolute Gasteiger partial charge is 0.472 e. The summed E-state index contributed by atoms with van der Waals surface area (Å²) in [6, 6.07) is 10.2. The van der Waals surface area contributed by atoms with Crippen molar-refractivity contribution in [1.29, 1.82) is 0 Å². The average Bonchev–Trinajstić information content (AvgIpc) is 2.68. The lowest BCUT2D eigenvalue weighted by Crippen LogP contribution is -2.33. The van der Waals surface area contributed by atoms with Gasteiger partial charge in [-0.15, -0.1) is 0 Å². The smallest absolute Gasteiger partial charge is 0.209 e. The Labute approximate surface area is 95.3 Å². The molecular weight excluding hydrogens is 202 g/mol. The van der Waals surface area contributed by atoms with Crippen LogP contribution in [0.4, 0.5) is 0 Å². The zero-order valence-corrected chi connectivity index (χ0v) is 9.13. The molecule has 0 bridgehead atoms. The molecule has 0 saturated carbocycles. The number of hydrogen-bond acceptors (Lipinski definition) is 3. The second-order valence-electron chi connectivity index (χ2n) is 3.89. The first-order valence-corrected chi connectivity index (χ1v) is 5.37. The van der Waals surface area contributed by atoms with Crippen LogP contribution in [0.15, 0.2) is 42.7 Å². The Balaban J connectivity index is 1.90. The van der Waals surface area contributed by atoms with E-state index in [1.54, 1.807) is 0 Å². The van der Waals surface area contributed by atoms with E-state index >= 15 is 0 Å². The minimum absolute atomic E-state index is 0.448. The van der Waals surface area contributed by atoms with Crippen LogP contribution in [0.1, 0.15) is 5.56 Å². The number of carbonyl (C=O) groups excluding carboxylic acids is 1. The summed E-state index contributed by atoms with van der Waals surface area (Å²) in [7, 11) is 0. The van der Waals surface area contributed by atoms with Gasteiger partial charge in [-0.05, 0) is 12.0 Å². The highest BCUT2D eigenvalue weighted by molar-refractivity contribution is 5.56. The third-order valence-corrected chi connectivity index (χ3v) is 2.67. The van der Waals surface area contributed by atoms with Crippen LogP contribution >= 0.6 is 0 Å². The average molecular weight is 217 g/mol. The minimum Gasteiger partial charge on any atom is -0.472 e. The van der Waals surface area contributed by atoms with E-state index in [2.05, 4.69) is 18.7 Å². The zero-order valence-electron chi connectivity index (χ0n) is 9.13. The summed E-state index contributed by atoms with van der Waals surface area (Å²) >= 11 is 0. The molecule has 1 aromatic carbocycles. The molecular formula is C13H15NO2. The van der Waals surface area contributed by atoms with Gasteiger partial charge in [0.2, 0.25) is 6.23 Å². The summed E-state index contributed by atoms with van der Waals surface area (Å²) in [5.74, 6) is 0.671. The molecule has 0 spiro atoms. The van der Waals surface area contributed by atoms with Crippen molar-refractivity contribution in [3.8, 4) is 0 Å². The number of nitrogens with zero attached hydrogens (tertiary/aromatic N) is 1. The number of ether oxygens (including phenoxy) is 1. The fraction of sp³-hybridized carbons (Fsp3) is 0.308. The molecule has 1 aromatic rings. The molecule has 1 atom stereocenters. The Morgan fingerprint density at radius 3 is 2.88 bits per heavy atom. The SMILES string of the molecule is C=C1CN(CCc2ccccc2)C(C=O)O1. The summed E-state index contributed by atoms with van der Waals surface area (Å²) in [6.45, 7) is 5.20. The van der Waals surface area contributed by atoms with Crippen molar-refractivity contribution in [3.63, 3.8) is 0 Å². The van der Waals surface area contributed by atoms with Crippen LogP contribution in [0.2, 0.25) is 0 Å². The highest BCUT2D eigenvalue weighted by Gasteiger charge is 2.27. The zero-order chi connectivity index (χ0) is 11.4. The van der Waals surface area contributed by atoms with Crippen LogP contribution in [-0.2, 0) is 16.0 Å². The first-order chi connectivity index (χ1) is 7.79. The summed E-state index contributed by atoms with van der Waals surface area (Å²) in [6.07, 6.45) is 1.29. The molecule has 0 radical (unpaired) electrons. The maximum atomic E-state index is 10.8. The van der Waals surface area contributed by atoms with E-state index < -0.39 is 6.23 Å². The van der Waals surface area contributed by atoms with Crippen LogP contribution in [0.5, 0.6) is 0 Å². The van der Waals surface area contributed by atoms with Crippen LogP contribution in [0, 0.1) is 0 Å². The standard InChI is InChI=1S/C13H15NO2/c1-11-9-14(13(10-15)16-11)8-7-12-5-3-2-4-6-12/h2-6,10,13H,1,7-9H2. The molecule has 0 aromatic heterocycles. The maximum absolute atomic E-state index is 10.8. The molecule has 84 valence electrons. The lowest BCUT2D eigenvalue weighted by atomic mass is 10.1. The van der Waals surface area contributed by atoms with Gasteiger partial charge >= 0.3 is 0 Å². The predicted octanol–water partition coefficient (Wildman–Crippen LogP) is 1.60. The van der Waals surface area contributed by atoms with Crippen molar-refractivity contribution < 1.29 is 9.53 Å². The van der Waals surface area contributed by atoms with Crippen molar-refractivity contribution in [2.75, 3.05) is 13.1 Å². The molecule has 0 N–H and O–H groups in total. The first kappa shape index (κ1) is 10.9. The molecule has 2 rings (SSSR count). The van der Waals surface area contributed by atoms with Gasteiger partial charge in [-0.25, -0.2) is 0 Å². The molecule has 3 heteroatoms. The molecule has 1 fully saturated rings. The number of aldehydes is 1. The van der Waals surface area contributed by atoms with E-state index in [1.165, 1.54) is 5.56 Å². The van der Waals surface area contributed by atoms with Gasteiger partial charge < -0.3 is 4.74 Å². The van der Waals surface area contributed by atoms with Crippen molar-refractivity contribution in [3.05, 3.63) is 48.2 Å². The topological polar surface area (TPSA) is 29.5 Å². The Kier molecular flexibility index (Phi) is 3.37. The summed E-state index contributed by atoms with van der Waals surface area (Å²) < 4.78 is 5.27. The van der Waals surface area contributed by atoms with E-state index in [4.69, 9.17) is 4.74 Å². The summed E-state index contributed by atoms with van der Waals surface area (Å²) in [5, 5.41) is 0. The predicted molar refractivity (Wildman–Crippen MR) is 61.8 cm³/mol. The summed E-state index contributed by atoms with van der Waals surface area (Å²) in [5.41, 5.74) is 1.27. The van der Waals surface area contributed by atoms with Gasteiger partial charge in [0, 0.05) is 6.54 Å². The van der Waals surface area contributed by atoms with Gasteiger partial charge in [0.15, 0.2) is 6.29 Å². The molecule has 1 heterocycles. The molecule has 0 aliphatic carbocycles. The Morgan fingerprint density at radius 2 is 2.19 bits per heavy atom. The molecule has 1 saturated heterocycles. The molecule has 16 heavy (non-hydrogen) atoms. The lowest BCUT2D eigenvalue weighted by Gasteiger charge is -2.16. The molecule has 1 aliphatic heterocycles. The monoisotopic (exact) mass is 217 g/mol. The van der Waals surface area contributed by atoms with Gasteiger partial charge in [-0.1, -0.05) is 36.9 Å². The van der Waals surface area contributed by atoms with E-state index in [-0.39, 0.29) is 0 Å².